The average molecular weight is 192 g/mol. The number of aromatic carboxylic acids is 1. The van der Waals surface area contributed by atoms with E-state index in [0.29, 0.717) is 18.8 Å². The zero-order chi connectivity index (χ0) is 9.97. The largest absolute Gasteiger partial charge is 0.477 e. The Morgan fingerprint density at radius 2 is 2.43 bits per heavy atom. The molecule has 1 aromatic heterocycles. The number of carbonyl (C=O) groups is 1. The summed E-state index contributed by atoms with van der Waals surface area (Å²) in [5, 5.41) is 18.0. The number of carboxylic acid groups (broad SMARTS) is 1. The molecule has 1 aliphatic heterocycles. The van der Waals surface area contributed by atoms with Crippen LogP contribution in [0.2, 0.25) is 0 Å². The number of hydrogen-bond acceptors (Lipinski definition) is 5. The second kappa shape index (κ2) is 3.41. The maximum Gasteiger partial charge on any atom is 0.354 e. The van der Waals surface area contributed by atoms with Gasteiger partial charge in [-0.1, -0.05) is 5.22 Å². The minimum absolute atomic E-state index is 0.0181. The molecule has 0 atom stereocenters. The highest BCUT2D eigenvalue weighted by atomic mass is 16.4. The van der Waals surface area contributed by atoms with E-state index in [1.165, 1.54) is 12.3 Å². The number of carboxylic acids is 1. The average Bonchev–Trinajstić information content (AvgIpc) is 2.71. The van der Waals surface area contributed by atoms with Crippen LogP contribution in [0.5, 0.6) is 0 Å². The fourth-order valence-electron chi connectivity index (χ4n) is 1.18. The van der Waals surface area contributed by atoms with Gasteiger partial charge in [0.15, 0.2) is 0 Å². The van der Waals surface area contributed by atoms with E-state index >= 15 is 0 Å². The Balaban J connectivity index is 2.30. The third kappa shape index (κ3) is 1.54. The van der Waals surface area contributed by atoms with Crippen LogP contribution in [-0.4, -0.2) is 29.1 Å². The van der Waals surface area contributed by atoms with Gasteiger partial charge in [-0.25, -0.2) is 14.8 Å². The van der Waals surface area contributed by atoms with E-state index in [1.54, 1.807) is 11.1 Å². The molecule has 0 amide bonds. The minimum atomic E-state index is -1.04. The minimum Gasteiger partial charge on any atom is -0.477 e. The summed E-state index contributed by atoms with van der Waals surface area (Å²) < 4.78 is 0. The molecule has 1 N–H and O–H groups in total. The van der Waals surface area contributed by atoms with Crippen molar-refractivity contribution < 1.29 is 9.90 Å². The van der Waals surface area contributed by atoms with Crippen LogP contribution in [-0.2, 0) is 0 Å². The lowest BCUT2D eigenvalue weighted by Gasteiger charge is -2.10. The topological polar surface area (TPSA) is 78.1 Å². The molecule has 6 nitrogen and oxygen atoms in total. The molecule has 0 saturated heterocycles. The standard InChI is InChI=1S/C8H8N4O2/c13-8(14)7-5-6(1-2-9-7)12-4-3-10-11-12/h1-2,5H,3-4H2,(H,13,14). The first-order chi connectivity index (χ1) is 6.77. The zero-order valence-corrected chi connectivity index (χ0v) is 7.29. The Kier molecular flexibility index (Phi) is 2.10. The lowest BCUT2D eigenvalue weighted by Crippen LogP contribution is -2.14. The summed E-state index contributed by atoms with van der Waals surface area (Å²) in [4.78, 5) is 14.3. The number of nitrogens with zero attached hydrogens (tertiary/aromatic N) is 4. The van der Waals surface area contributed by atoms with Crippen LogP contribution < -0.4 is 5.01 Å². The molecule has 0 aliphatic carbocycles. The highest BCUT2D eigenvalue weighted by molar-refractivity contribution is 5.86. The van der Waals surface area contributed by atoms with Gasteiger partial charge in [-0.15, -0.1) is 0 Å². The van der Waals surface area contributed by atoms with Gasteiger partial charge in [0.05, 0.1) is 18.8 Å². The maximum absolute atomic E-state index is 10.6. The van der Waals surface area contributed by atoms with Crippen LogP contribution >= 0.6 is 0 Å². The summed E-state index contributed by atoms with van der Waals surface area (Å²) >= 11 is 0. The van der Waals surface area contributed by atoms with Crippen molar-refractivity contribution in [1.29, 1.82) is 0 Å². The first-order valence-corrected chi connectivity index (χ1v) is 4.11. The van der Waals surface area contributed by atoms with E-state index < -0.39 is 5.97 Å². The molecule has 72 valence electrons. The molecular formula is C8H8N4O2. The number of anilines is 1. The van der Waals surface area contributed by atoms with Crippen molar-refractivity contribution >= 4 is 11.7 Å². The summed E-state index contributed by atoms with van der Waals surface area (Å²) in [5.74, 6) is -1.04. The van der Waals surface area contributed by atoms with Crippen molar-refractivity contribution in [1.82, 2.24) is 4.98 Å². The van der Waals surface area contributed by atoms with Crippen LogP contribution in [0.15, 0.2) is 28.7 Å². The monoisotopic (exact) mass is 192 g/mol. The number of rotatable bonds is 2. The molecule has 2 heterocycles. The lowest BCUT2D eigenvalue weighted by atomic mass is 10.3. The third-order valence-corrected chi connectivity index (χ3v) is 1.84. The fourth-order valence-corrected chi connectivity index (χ4v) is 1.18. The lowest BCUT2D eigenvalue weighted by molar-refractivity contribution is 0.0690. The van der Waals surface area contributed by atoms with Crippen molar-refractivity contribution in [3.8, 4) is 0 Å². The van der Waals surface area contributed by atoms with E-state index in [2.05, 4.69) is 15.3 Å². The number of hydrogen-bond donors (Lipinski definition) is 1. The summed E-state index contributed by atoms with van der Waals surface area (Å²) in [7, 11) is 0. The van der Waals surface area contributed by atoms with E-state index in [4.69, 9.17) is 5.11 Å². The summed E-state index contributed by atoms with van der Waals surface area (Å²) in [6.07, 6.45) is 1.45. The van der Waals surface area contributed by atoms with Crippen molar-refractivity contribution in [2.45, 2.75) is 0 Å². The Labute approximate surface area is 79.9 Å². The first kappa shape index (κ1) is 8.61. The zero-order valence-electron chi connectivity index (χ0n) is 7.29. The first-order valence-electron chi connectivity index (χ1n) is 4.11. The van der Waals surface area contributed by atoms with Gasteiger partial charge < -0.3 is 5.11 Å². The van der Waals surface area contributed by atoms with Crippen molar-refractivity contribution in [3.05, 3.63) is 24.0 Å². The molecule has 1 aromatic rings. The number of pyridine rings is 1. The van der Waals surface area contributed by atoms with Gasteiger partial charge in [0.2, 0.25) is 0 Å². The van der Waals surface area contributed by atoms with Gasteiger partial charge >= 0.3 is 5.97 Å². The molecule has 2 rings (SSSR count). The van der Waals surface area contributed by atoms with Gasteiger partial charge in [0.1, 0.15) is 5.69 Å². The van der Waals surface area contributed by atoms with Crippen LogP contribution in [0, 0.1) is 0 Å². The number of aromatic nitrogens is 1. The quantitative estimate of drug-likeness (QED) is 0.757. The predicted octanol–water partition coefficient (Wildman–Crippen LogP) is 0.967. The molecular weight excluding hydrogens is 184 g/mol. The van der Waals surface area contributed by atoms with Crippen molar-refractivity contribution in [2.75, 3.05) is 18.1 Å². The van der Waals surface area contributed by atoms with Crippen LogP contribution in [0.25, 0.3) is 0 Å². The van der Waals surface area contributed by atoms with Crippen LogP contribution in [0.4, 0.5) is 5.69 Å². The van der Waals surface area contributed by atoms with Gasteiger partial charge in [-0.05, 0) is 12.1 Å². The molecule has 0 unspecified atom stereocenters. The molecule has 1 aliphatic rings. The molecule has 0 aromatic carbocycles. The summed E-state index contributed by atoms with van der Waals surface area (Å²) in [6.45, 7) is 1.33. The molecule has 14 heavy (non-hydrogen) atoms. The summed E-state index contributed by atoms with van der Waals surface area (Å²) in [5.41, 5.74) is 0.725. The molecule has 6 heteroatoms. The Hall–Kier alpha value is -1.98. The van der Waals surface area contributed by atoms with Crippen LogP contribution in [0.1, 0.15) is 10.5 Å². The predicted molar refractivity (Wildman–Crippen MR) is 48.3 cm³/mol. The second-order valence-corrected chi connectivity index (χ2v) is 2.78. The second-order valence-electron chi connectivity index (χ2n) is 2.78. The Morgan fingerprint density at radius 3 is 3.07 bits per heavy atom. The Bertz CT molecular complexity index is 391. The Morgan fingerprint density at radius 1 is 1.57 bits per heavy atom. The molecule has 0 fully saturated rings. The molecule has 0 radical (unpaired) electrons. The van der Waals surface area contributed by atoms with Gasteiger partial charge in [-0.3, -0.25) is 0 Å². The highest BCUT2D eigenvalue weighted by Crippen LogP contribution is 2.17. The van der Waals surface area contributed by atoms with E-state index in [9.17, 15) is 4.79 Å². The van der Waals surface area contributed by atoms with Gasteiger partial charge in [0.25, 0.3) is 0 Å². The smallest absolute Gasteiger partial charge is 0.354 e. The van der Waals surface area contributed by atoms with Gasteiger partial charge in [-0.2, -0.15) is 5.11 Å². The van der Waals surface area contributed by atoms with E-state index in [-0.39, 0.29) is 5.69 Å². The highest BCUT2D eigenvalue weighted by Gasteiger charge is 2.12. The van der Waals surface area contributed by atoms with Gasteiger partial charge in [0, 0.05) is 6.20 Å². The van der Waals surface area contributed by atoms with E-state index in [0.717, 1.165) is 0 Å². The van der Waals surface area contributed by atoms with E-state index in [1.807, 2.05) is 0 Å². The summed E-state index contributed by atoms with van der Waals surface area (Å²) in [6, 6.07) is 3.18. The molecule has 0 saturated carbocycles. The SMILES string of the molecule is O=C(O)c1cc(N2CCN=N2)ccn1. The molecule has 0 spiro atoms. The fraction of sp³-hybridized carbons (Fsp3) is 0.250. The van der Waals surface area contributed by atoms with Crippen molar-refractivity contribution in [2.24, 2.45) is 10.3 Å². The third-order valence-electron chi connectivity index (χ3n) is 1.84. The normalized spacial score (nSPS) is 14.7. The van der Waals surface area contributed by atoms with Crippen LogP contribution in [0.3, 0.4) is 0 Å². The molecule has 0 bridgehead atoms. The maximum atomic E-state index is 10.6. The van der Waals surface area contributed by atoms with Crippen molar-refractivity contribution in [3.63, 3.8) is 0 Å².